The number of aromatic hydroxyl groups is 1. The van der Waals surface area contributed by atoms with Gasteiger partial charge in [0.15, 0.2) is 0 Å². The Balaban J connectivity index is 2.42. The number of aryl methyl sites for hydroxylation is 1. The minimum Gasteiger partial charge on any atom is -0.507 e. The van der Waals surface area contributed by atoms with Crippen molar-refractivity contribution in [1.82, 2.24) is 9.78 Å². The molecule has 3 rings (SSSR count). The van der Waals surface area contributed by atoms with Crippen molar-refractivity contribution in [3.05, 3.63) is 48.7 Å². The number of phenolic OH excluding ortho intramolecular Hbond substituents is 1. The molecule has 0 aliphatic rings. The standard InChI is InChI=1S/C14H12N2O/c1-16-12(8-9-15-16)14-11-5-3-2-4-10(11)6-7-13(14)17/h2-9,17H,1H3. The molecule has 0 aliphatic heterocycles. The molecular weight excluding hydrogens is 212 g/mol. The molecule has 17 heavy (non-hydrogen) atoms. The zero-order valence-corrected chi connectivity index (χ0v) is 9.46. The van der Waals surface area contributed by atoms with Crippen LogP contribution in [0.3, 0.4) is 0 Å². The van der Waals surface area contributed by atoms with E-state index in [1.54, 1.807) is 16.9 Å². The fourth-order valence-corrected chi connectivity index (χ4v) is 2.15. The van der Waals surface area contributed by atoms with E-state index < -0.39 is 0 Å². The summed E-state index contributed by atoms with van der Waals surface area (Å²) in [7, 11) is 1.87. The van der Waals surface area contributed by atoms with Gasteiger partial charge in [0.1, 0.15) is 5.75 Å². The predicted octanol–water partition coefficient (Wildman–Crippen LogP) is 2.95. The molecule has 0 amide bonds. The summed E-state index contributed by atoms with van der Waals surface area (Å²) >= 11 is 0. The molecule has 3 aromatic rings. The number of rotatable bonds is 1. The minimum absolute atomic E-state index is 0.285. The van der Waals surface area contributed by atoms with Crippen molar-refractivity contribution in [2.45, 2.75) is 0 Å². The third-order valence-electron chi connectivity index (χ3n) is 2.98. The summed E-state index contributed by atoms with van der Waals surface area (Å²) in [4.78, 5) is 0. The van der Waals surface area contributed by atoms with Gasteiger partial charge in [0, 0.05) is 18.8 Å². The Bertz CT molecular complexity index is 686. The van der Waals surface area contributed by atoms with Crippen molar-refractivity contribution in [1.29, 1.82) is 0 Å². The highest BCUT2D eigenvalue weighted by molar-refractivity contribution is 5.98. The highest BCUT2D eigenvalue weighted by Crippen LogP contribution is 2.35. The number of nitrogens with zero attached hydrogens (tertiary/aromatic N) is 2. The van der Waals surface area contributed by atoms with Crippen molar-refractivity contribution in [3.63, 3.8) is 0 Å². The van der Waals surface area contributed by atoms with Crippen LogP contribution < -0.4 is 0 Å². The predicted molar refractivity (Wildman–Crippen MR) is 67.8 cm³/mol. The molecule has 1 heterocycles. The van der Waals surface area contributed by atoms with Crippen molar-refractivity contribution in [3.8, 4) is 17.0 Å². The van der Waals surface area contributed by atoms with Crippen molar-refractivity contribution < 1.29 is 5.11 Å². The fraction of sp³-hybridized carbons (Fsp3) is 0.0714. The molecular formula is C14H12N2O. The number of aromatic nitrogens is 2. The Morgan fingerprint density at radius 3 is 2.65 bits per heavy atom. The first kappa shape index (κ1) is 9.90. The van der Waals surface area contributed by atoms with Crippen LogP contribution in [0.5, 0.6) is 5.75 Å². The van der Waals surface area contributed by atoms with Gasteiger partial charge >= 0.3 is 0 Å². The average molecular weight is 224 g/mol. The van der Waals surface area contributed by atoms with Gasteiger partial charge in [0.25, 0.3) is 0 Å². The van der Waals surface area contributed by atoms with Crippen molar-refractivity contribution >= 4 is 10.8 Å². The molecule has 84 valence electrons. The molecule has 1 aromatic heterocycles. The second-order valence-electron chi connectivity index (χ2n) is 4.02. The number of hydrogen-bond acceptors (Lipinski definition) is 2. The monoisotopic (exact) mass is 224 g/mol. The van der Waals surface area contributed by atoms with Gasteiger partial charge in [-0.25, -0.2) is 0 Å². The molecule has 0 aliphatic carbocycles. The van der Waals surface area contributed by atoms with Gasteiger partial charge in [-0.1, -0.05) is 30.3 Å². The number of hydrogen-bond donors (Lipinski definition) is 1. The molecule has 0 bridgehead atoms. The normalized spacial score (nSPS) is 10.9. The van der Waals surface area contributed by atoms with Crippen LogP contribution in [0.1, 0.15) is 0 Å². The summed E-state index contributed by atoms with van der Waals surface area (Å²) < 4.78 is 1.77. The summed E-state index contributed by atoms with van der Waals surface area (Å²) in [6, 6.07) is 13.6. The zero-order valence-electron chi connectivity index (χ0n) is 9.46. The van der Waals surface area contributed by atoms with Gasteiger partial charge in [0.05, 0.1) is 5.69 Å². The van der Waals surface area contributed by atoms with Gasteiger partial charge in [0.2, 0.25) is 0 Å². The van der Waals surface area contributed by atoms with E-state index in [9.17, 15) is 5.11 Å². The van der Waals surface area contributed by atoms with Crippen LogP contribution >= 0.6 is 0 Å². The highest BCUT2D eigenvalue weighted by Gasteiger charge is 2.11. The van der Waals surface area contributed by atoms with Gasteiger partial charge in [-0.15, -0.1) is 0 Å². The van der Waals surface area contributed by atoms with Crippen LogP contribution in [-0.2, 0) is 7.05 Å². The lowest BCUT2D eigenvalue weighted by Gasteiger charge is -2.09. The van der Waals surface area contributed by atoms with E-state index in [1.807, 2.05) is 43.4 Å². The summed E-state index contributed by atoms with van der Waals surface area (Å²) in [5.41, 5.74) is 1.75. The van der Waals surface area contributed by atoms with E-state index >= 15 is 0 Å². The lowest BCUT2D eigenvalue weighted by atomic mass is 10.0. The Hall–Kier alpha value is -2.29. The van der Waals surface area contributed by atoms with Crippen LogP contribution in [0.2, 0.25) is 0 Å². The molecule has 0 saturated carbocycles. The largest absolute Gasteiger partial charge is 0.507 e. The van der Waals surface area contributed by atoms with Crippen molar-refractivity contribution in [2.24, 2.45) is 7.05 Å². The van der Waals surface area contributed by atoms with E-state index in [1.165, 1.54) is 0 Å². The van der Waals surface area contributed by atoms with Crippen LogP contribution in [0.4, 0.5) is 0 Å². The maximum Gasteiger partial charge on any atom is 0.125 e. The molecule has 0 saturated heterocycles. The molecule has 0 fully saturated rings. The molecule has 0 unspecified atom stereocenters. The molecule has 1 N–H and O–H groups in total. The second-order valence-corrected chi connectivity index (χ2v) is 4.02. The summed E-state index contributed by atoms with van der Waals surface area (Å²) in [5.74, 6) is 0.285. The zero-order chi connectivity index (χ0) is 11.8. The molecule has 3 heteroatoms. The SMILES string of the molecule is Cn1nccc1-c1c(O)ccc2ccccc12. The first-order chi connectivity index (χ1) is 8.27. The number of fused-ring (bicyclic) bond motifs is 1. The Morgan fingerprint density at radius 2 is 1.88 bits per heavy atom. The quantitative estimate of drug-likeness (QED) is 0.690. The third-order valence-corrected chi connectivity index (χ3v) is 2.98. The lowest BCUT2D eigenvalue weighted by molar-refractivity contribution is 0.477. The number of benzene rings is 2. The van der Waals surface area contributed by atoms with Crippen LogP contribution in [0.25, 0.3) is 22.0 Å². The lowest BCUT2D eigenvalue weighted by Crippen LogP contribution is -1.94. The summed E-state index contributed by atoms with van der Waals surface area (Å²) in [5, 5.41) is 16.4. The summed E-state index contributed by atoms with van der Waals surface area (Å²) in [6.45, 7) is 0. The van der Waals surface area contributed by atoms with Crippen LogP contribution in [-0.4, -0.2) is 14.9 Å². The summed E-state index contributed by atoms with van der Waals surface area (Å²) in [6.07, 6.45) is 1.73. The van der Waals surface area contributed by atoms with Gasteiger partial charge in [-0.05, 0) is 22.9 Å². The van der Waals surface area contributed by atoms with Gasteiger partial charge in [-0.3, -0.25) is 4.68 Å². The smallest absolute Gasteiger partial charge is 0.125 e. The van der Waals surface area contributed by atoms with Gasteiger partial charge in [-0.2, -0.15) is 5.10 Å². The van der Waals surface area contributed by atoms with E-state index in [-0.39, 0.29) is 5.75 Å². The Labute approximate surface area is 98.9 Å². The first-order valence-electron chi connectivity index (χ1n) is 5.46. The van der Waals surface area contributed by atoms with Crippen LogP contribution in [0.15, 0.2) is 48.7 Å². The number of phenols is 1. The van der Waals surface area contributed by atoms with E-state index in [0.29, 0.717) is 0 Å². The molecule has 0 spiro atoms. The average Bonchev–Trinajstić information content (AvgIpc) is 2.75. The Kier molecular flexibility index (Phi) is 2.11. The molecule has 0 atom stereocenters. The third kappa shape index (κ3) is 1.47. The minimum atomic E-state index is 0.285. The second kappa shape index (κ2) is 3.63. The van der Waals surface area contributed by atoms with E-state index in [2.05, 4.69) is 5.10 Å². The van der Waals surface area contributed by atoms with Gasteiger partial charge < -0.3 is 5.11 Å². The van der Waals surface area contributed by atoms with Crippen LogP contribution in [0, 0.1) is 0 Å². The maximum absolute atomic E-state index is 10.1. The molecule has 0 radical (unpaired) electrons. The van der Waals surface area contributed by atoms with Crippen molar-refractivity contribution in [2.75, 3.05) is 0 Å². The topological polar surface area (TPSA) is 38.0 Å². The highest BCUT2D eigenvalue weighted by atomic mass is 16.3. The first-order valence-corrected chi connectivity index (χ1v) is 5.46. The molecule has 2 aromatic carbocycles. The van der Waals surface area contributed by atoms with E-state index in [0.717, 1.165) is 22.0 Å². The molecule has 3 nitrogen and oxygen atoms in total. The fourth-order valence-electron chi connectivity index (χ4n) is 2.15. The van der Waals surface area contributed by atoms with E-state index in [4.69, 9.17) is 0 Å². The Morgan fingerprint density at radius 1 is 1.06 bits per heavy atom. The maximum atomic E-state index is 10.1.